The molecule has 16 heteroatoms. The van der Waals surface area contributed by atoms with Crippen LogP contribution in [0.1, 0.15) is 235 Å². The smallest absolute Gasteiger partial charge is 0.242 e. The van der Waals surface area contributed by atoms with E-state index in [0.29, 0.717) is 175 Å². The Hall–Kier alpha value is -2.96. The number of allylic oxidation sites excluding steroid dienone is 4. The van der Waals surface area contributed by atoms with Crippen LogP contribution in [0.25, 0.3) is 0 Å². The Balaban J connectivity index is 1.52. The van der Waals surface area contributed by atoms with Gasteiger partial charge in [-0.25, -0.2) is 0 Å². The zero-order chi connectivity index (χ0) is 59.6. The summed E-state index contributed by atoms with van der Waals surface area (Å²) < 4.78 is 44.2. The van der Waals surface area contributed by atoms with Crippen molar-refractivity contribution in [2.45, 2.75) is 241 Å². The third-order valence-electron chi connectivity index (χ3n) is 16.0. The molecule has 0 fully saturated rings. The summed E-state index contributed by atoms with van der Waals surface area (Å²) in [5.74, 6) is -0.221. The Morgan fingerprint density at radius 3 is 1.22 bits per heavy atom. The van der Waals surface area contributed by atoms with Crippen LogP contribution in [0.4, 0.5) is 0 Å². The van der Waals surface area contributed by atoms with Crippen LogP contribution in [-0.4, -0.2) is 155 Å². The normalized spacial score (nSPS) is 15.5. The number of amides is 4. The number of hydrogen-bond donors (Lipinski definition) is 4. The summed E-state index contributed by atoms with van der Waals surface area (Å²) in [6.07, 6.45) is 29.3. The van der Waals surface area contributed by atoms with Crippen LogP contribution in [0.2, 0.25) is 0 Å². The Morgan fingerprint density at radius 2 is 0.768 bits per heavy atom. The monoisotopic (exact) mass is 1160 g/mol. The Bertz CT molecular complexity index is 1710. The van der Waals surface area contributed by atoms with Gasteiger partial charge in [-0.05, 0) is 140 Å². The first-order valence-corrected chi connectivity index (χ1v) is 32.9. The third kappa shape index (κ3) is 40.4. The number of carbonyl (C=O) groups excluding carboxylic acids is 4. The molecule has 0 saturated carbocycles. The van der Waals surface area contributed by atoms with Gasteiger partial charge in [0.15, 0.2) is 0 Å². The second-order valence-electron chi connectivity index (χ2n) is 24.2. The highest BCUT2D eigenvalue weighted by Gasteiger charge is 2.29. The van der Waals surface area contributed by atoms with Gasteiger partial charge < -0.3 is 59.2 Å². The van der Waals surface area contributed by atoms with Gasteiger partial charge in [0, 0.05) is 58.7 Å². The summed E-state index contributed by atoms with van der Waals surface area (Å²) in [5.41, 5.74) is 7.32. The summed E-state index contributed by atoms with van der Waals surface area (Å²) in [4.78, 5) is 51.3. The standard InChI is InChI=1S/C66H122N4O12/c1-8-40-75-44-48-79-52-54-82-55-53-81-51-47-78-43-34-62(72)68-38-25-41-76-45-49-80-50-46-77-42-26-39-69-64(74)60(70-63(73)33-20-16-12-10-14-18-30-59-57(3)28-24-36-66(59,6)7)31-21-22-37-67-61(71)32-19-15-11-9-13-17-29-58-56(2)27-23-35-65(58,4)5/h60H,8-55H2,1-7H3,(H,67,71)(H,68,72)(H,69,74)(H,70,73)/t60-/m0/s1. The predicted octanol–water partition coefficient (Wildman–Crippen LogP) is 12.0. The maximum atomic E-state index is 13.4. The summed E-state index contributed by atoms with van der Waals surface area (Å²) in [6.45, 7) is 25.8. The zero-order valence-electron chi connectivity index (χ0n) is 53.4. The second-order valence-corrected chi connectivity index (χ2v) is 24.2. The molecule has 0 aromatic rings. The van der Waals surface area contributed by atoms with E-state index in [0.717, 1.165) is 51.6 Å². The molecule has 0 spiro atoms. The van der Waals surface area contributed by atoms with Crippen molar-refractivity contribution >= 4 is 23.6 Å². The average molecular weight is 1160 g/mol. The third-order valence-corrected chi connectivity index (χ3v) is 16.0. The lowest BCUT2D eigenvalue weighted by molar-refractivity contribution is -0.129. The van der Waals surface area contributed by atoms with Crippen molar-refractivity contribution in [3.05, 3.63) is 22.3 Å². The van der Waals surface area contributed by atoms with Crippen LogP contribution >= 0.6 is 0 Å². The Kier molecular flexibility index (Phi) is 46.0. The van der Waals surface area contributed by atoms with E-state index in [1.807, 2.05) is 0 Å². The van der Waals surface area contributed by atoms with E-state index in [9.17, 15) is 19.2 Å². The van der Waals surface area contributed by atoms with Crippen LogP contribution in [0.15, 0.2) is 22.3 Å². The largest absolute Gasteiger partial charge is 0.379 e. The van der Waals surface area contributed by atoms with Crippen LogP contribution in [0.5, 0.6) is 0 Å². The van der Waals surface area contributed by atoms with Crippen LogP contribution in [0, 0.1) is 10.8 Å². The predicted molar refractivity (Wildman–Crippen MR) is 330 cm³/mol. The van der Waals surface area contributed by atoms with E-state index in [-0.39, 0.29) is 23.6 Å². The van der Waals surface area contributed by atoms with Crippen molar-refractivity contribution < 1.29 is 57.1 Å². The van der Waals surface area contributed by atoms with Crippen LogP contribution in [-0.2, 0) is 57.1 Å². The number of carbonyl (C=O) groups is 4. The van der Waals surface area contributed by atoms with E-state index < -0.39 is 6.04 Å². The number of rotatable bonds is 56. The molecule has 0 unspecified atom stereocenters. The summed E-state index contributed by atoms with van der Waals surface area (Å²) >= 11 is 0. The summed E-state index contributed by atoms with van der Waals surface area (Å²) in [6, 6.07) is -0.618. The van der Waals surface area contributed by atoms with Gasteiger partial charge in [-0.2, -0.15) is 0 Å². The maximum absolute atomic E-state index is 13.4. The number of ether oxygens (including phenoxy) is 8. The topological polar surface area (TPSA) is 190 Å². The van der Waals surface area contributed by atoms with Gasteiger partial charge in [-0.1, -0.05) is 108 Å². The molecule has 82 heavy (non-hydrogen) atoms. The minimum absolute atomic E-state index is 0.0597. The Morgan fingerprint density at radius 1 is 0.402 bits per heavy atom. The fraction of sp³-hybridized carbons (Fsp3) is 0.879. The van der Waals surface area contributed by atoms with Crippen LogP contribution in [0.3, 0.4) is 0 Å². The molecule has 0 aromatic heterocycles. The fourth-order valence-electron chi connectivity index (χ4n) is 11.2. The van der Waals surface area contributed by atoms with Crippen molar-refractivity contribution in [1.82, 2.24) is 21.3 Å². The van der Waals surface area contributed by atoms with Gasteiger partial charge in [0.25, 0.3) is 0 Å². The van der Waals surface area contributed by atoms with Crippen LogP contribution < -0.4 is 21.3 Å². The molecule has 4 amide bonds. The van der Waals surface area contributed by atoms with Gasteiger partial charge in [-0.3, -0.25) is 19.2 Å². The highest BCUT2D eigenvalue weighted by Crippen LogP contribution is 2.43. The molecule has 4 N–H and O–H groups in total. The molecule has 2 aliphatic rings. The lowest BCUT2D eigenvalue weighted by Gasteiger charge is -2.34. The molecule has 0 bridgehead atoms. The maximum Gasteiger partial charge on any atom is 0.242 e. The number of hydrogen-bond acceptors (Lipinski definition) is 12. The van der Waals surface area contributed by atoms with E-state index in [1.54, 1.807) is 22.3 Å². The summed E-state index contributed by atoms with van der Waals surface area (Å²) in [5, 5.41) is 12.0. The number of nitrogens with one attached hydrogen (secondary N) is 4. The van der Waals surface area contributed by atoms with Gasteiger partial charge >= 0.3 is 0 Å². The first-order chi connectivity index (χ1) is 39.8. The molecular formula is C66H122N4O12. The minimum atomic E-state index is -0.618. The molecule has 16 nitrogen and oxygen atoms in total. The SMILES string of the molecule is CCCOCCOCCOCCOCCOCCC(=O)NCCCOCCOCCOCCCNC(=O)[C@H](CCCCNC(=O)CCCCCCCCC1=C(C)CCCC1(C)C)NC(=O)CCCCCCCCC1=C(C)CCCC1(C)C. The average Bonchev–Trinajstić information content (AvgIpc) is 3.50. The van der Waals surface area contributed by atoms with Gasteiger partial charge in [-0.15, -0.1) is 0 Å². The van der Waals surface area contributed by atoms with Gasteiger partial charge in [0.2, 0.25) is 23.6 Å². The van der Waals surface area contributed by atoms with E-state index >= 15 is 0 Å². The van der Waals surface area contributed by atoms with Crippen molar-refractivity contribution in [1.29, 1.82) is 0 Å². The zero-order valence-corrected chi connectivity index (χ0v) is 53.4. The molecule has 0 saturated heterocycles. The second kappa shape index (κ2) is 50.2. The molecule has 0 heterocycles. The lowest BCUT2D eigenvalue weighted by atomic mass is 9.71. The molecular weight excluding hydrogens is 1040 g/mol. The van der Waals surface area contributed by atoms with E-state index in [2.05, 4.69) is 69.7 Å². The Labute approximate surface area is 499 Å². The molecule has 0 aromatic carbocycles. The van der Waals surface area contributed by atoms with Gasteiger partial charge in [0.1, 0.15) is 6.04 Å². The minimum Gasteiger partial charge on any atom is -0.379 e. The van der Waals surface area contributed by atoms with Gasteiger partial charge in [0.05, 0.1) is 85.9 Å². The molecule has 2 rings (SSSR count). The molecule has 1 atom stereocenters. The molecule has 0 aliphatic heterocycles. The van der Waals surface area contributed by atoms with Crippen molar-refractivity contribution in [2.75, 3.05) is 125 Å². The molecule has 0 radical (unpaired) electrons. The van der Waals surface area contributed by atoms with Crippen molar-refractivity contribution in [2.24, 2.45) is 10.8 Å². The van der Waals surface area contributed by atoms with E-state index in [4.69, 9.17) is 37.9 Å². The molecule has 478 valence electrons. The number of unbranched alkanes of at least 4 members (excludes halogenated alkanes) is 11. The quantitative estimate of drug-likeness (QED) is 0.0334. The fourth-order valence-corrected chi connectivity index (χ4v) is 11.2. The van der Waals surface area contributed by atoms with Crippen molar-refractivity contribution in [3.8, 4) is 0 Å². The van der Waals surface area contributed by atoms with E-state index in [1.165, 1.54) is 96.3 Å². The lowest BCUT2D eigenvalue weighted by Crippen LogP contribution is -2.47. The highest BCUT2D eigenvalue weighted by atomic mass is 16.6. The molecule has 2 aliphatic carbocycles. The highest BCUT2D eigenvalue weighted by molar-refractivity contribution is 5.87. The first-order valence-electron chi connectivity index (χ1n) is 32.9. The first kappa shape index (κ1) is 75.1. The summed E-state index contributed by atoms with van der Waals surface area (Å²) in [7, 11) is 0. The van der Waals surface area contributed by atoms with Crippen molar-refractivity contribution in [3.63, 3.8) is 0 Å².